The van der Waals surface area contributed by atoms with E-state index in [1.54, 1.807) is 17.9 Å². The number of anilines is 1. The van der Waals surface area contributed by atoms with Crippen LogP contribution in [-0.4, -0.2) is 60.2 Å². The number of hydrogen-bond donors (Lipinski definition) is 0. The van der Waals surface area contributed by atoms with Crippen LogP contribution >= 0.6 is 22.6 Å². The summed E-state index contributed by atoms with van der Waals surface area (Å²) in [6.45, 7) is 2.52. The minimum atomic E-state index is -3.63. The van der Waals surface area contributed by atoms with E-state index in [9.17, 15) is 13.2 Å². The highest BCUT2D eigenvalue weighted by Crippen LogP contribution is 2.27. The van der Waals surface area contributed by atoms with Crippen molar-refractivity contribution < 1.29 is 13.2 Å². The van der Waals surface area contributed by atoms with Gasteiger partial charge in [-0.2, -0.15) is 12.7 Å². The molecule has 0 N–H and O–H groups in total. The first-order valence-electron chi connectivity index (χ1n) is 9.06. The minimum absolute atomic E-state index is 0.103. The first kappa shape index (κ1) is 21.8. The summed E-state index contributed by atoms with van der Waals surface area (Å²) in [5, 5.41) is 0. The van der Waals surface area contributed by atoms with Gasteiger partial charge in [0.05, 0.1) is 23.6 Å². The van der Waals surface area contributed by atoms with Crippen molar-refractivity contribution in [3.63, 3.8) is 0 Å². The summed E-state index contributed by atoms with van der Waals surface area (Å²) in [5.74, 6) is -0.103. The van der Waals surface area contributed by atoms with E-state index in [-0.39, 0.29) is 12.5 Å². The summed E-state index contributed by atoms with van der Waals surface area (Å²) in [5.41, 5.74) is 3.10. The monoisotopic (exact) mass is 529 g/mol. The predicted molar refractivity (Wildman–Crippen MR) is 121 cm³/mol. The van der Waals surface area contributed by atoms with Crippen molar-refractivity contribution in [1.29, 1.82) is 0 Å². The van der Waals surface area contributed by atoms with E-state index in [0.29, 0.717) is 24.4 Å². The minimum Gasteiger partial charge on any atom is -0.347 e. The Bertz CT molecular complexity index is 1060. The van der Waals surface area contributed by atoms with E-state index >= 15 is 0 Å². The van der Waals surface area contributed by atoms with Gasteiger partial charge in [0.1, 0.15) is 6.33 Å². The van der Waals surface area contributed by atoms with Crippen molar-refractivity contribution in [1.82, 2.24) is 18.2 Å². The van der Waals surface area contributed by atoms with Crippen molar-refractivity contribution in [2.75, 3.05) is 32.6 Å². The van der Waals surface area contributed by atoms with Crippen LogP contribution in [0.4, 0.5) is 5.69 Å². The molecule has 1 aliphatic rings. The van der Waals surface area contributed by atoms with Crippen molar-refractivity contribution in [2.24, 2.45) is 0 Å². The van der Waals surface area contributed by atoms with Crippen LogP contribution in [-0.2, 0) is 21.5 Å². The highest BCUT2D eigenvalue weighted by atomic mass is 127. The number of carbonyl (C=O) groups excluding carboxylic acids is 1. The van der Waals surface area contributed by atoms with Crippen molar-refractivity contribution in [2.45, 2.75) is 19.9 Å². The second kappa shape index (κ2) is 8.44. The maximum absolute atomic E-state index is 12.7. The SMILES string of the molecule is Cc1c(CN2CCC(N(C)c3ccccc3I)=CC2=O)ncn1S(=O)(=O)N(C)C. The number of nitrogens with zero attached hydrogens (tertiary/aromatic N) is 5. The standard InChI is InChI=1S/C19H24IN5O3S/c1-14-17(21-13-25(14)29(27,28)22(2)3)12-24-10-9-15(11-19(24)26)23(4)18-8-6-5-7-16(18)20/h5-8,11,13H,9-10,12H2,1-4H3. The second-order valence-corrected chi connectivity index (χ2v) is 10.2. The molecule has 1 aromatic carbocycles. The highest BCUT2D eigenvalue weighted by molar-refractivity contribution is 14.1. The molecule has 2 aromatic rings. The predicted octanol–water partition coefficient (Wildman–Crippen LogP) is 2.20. The fraction of sp³-hybridized carbons (Fsp3) is 0.368. The fourth-order valence-corrected chi connectivity index (χ4v) is 4.86. The molecule has 1 aliphatic heterocycles. The van der Waals surface area contributed by atoms with Crippen LogP contribution in [0.1, 0.15) is 17.8 Å². The molecule has 0 saturated carbocycles. The lowest BCUT2D eigenvalue weighted by Gasteiger charge is -2.31. The van der Waals surface area contributed by atoms with E-state index in [2.05, 4.69) is 27.6 Å². The first-order chi connectivity index (χ1) is 13.6. The quantitative estimate of drug-likeness (QED) is 0.537. The molecule has 156 valence electrons. The molecule has 8 nitrogen and oxygen atoms in total. The summed E-state index contributed by atoms with van der Waals surface area (Å²) in [6.07, 6.45) is 3.65. The Kier molecular flexibility index (Phi) is 6.34. The molecule has 1 amide bonds. The second-order valence-electron chi connectivity index (χ2n) is 7.02. The number of hydrogen-bond acceptors (Lipinski definition) is 5. The Labute approximate surface area is 185 Å². The Hall–Kier alpha value is -1.92. The van der Waals surface area contributed by atoms with Gasteiger partial charge in [-0.25, -0.2) is 8.96 Å². The first-order valence-corrected chi connectivity index (χ1v) is 11.5. The summed E-state index contributed by atoms with van der Waals surface area (Å²) >= 11 is 2.29. The van der Waals surface area contributed by atoms with E-state index in [1.807, 2.05) is 36.2 Å². The molecule has 10 heteroatoms. The number of benzene rings is 1. The zero-order valence-corrected chi connectivity index (χ0v) is 19.8. The largest absolute Gasteiger partial charge is 0.347 e. The van der Waals surface area contributed by atoms with Gasteiger partial charge < -0.3 is 9.80 Å². The third kappa shape index (κ3) is 4.33. The Morgan fingerprint density at radius 3 is 2.52 bits per heavy atom. The average molecular weight is 529 g/mol. The molecule has 2 heterocycles. The lowest BCUT2D eigenvalue weighted by Crippen LogP contribution is -2.37. The number of imidazole rings is 1. The van der Waals surface area contributed by atoms with E-state index < -0.39 is 10.2 Å². The van der Waals surface area contributed by atoms with Gasteiger partial charge in [-0.15, -0.1) is 0 Å². The van der Waals surface area contributed by atoms with Gasteiger partial charge >= 0.3 is 10.2 Å². The molecular weight excluding hydrogens is 505 g/mol. The van der Waals surface area contributed by atoms with Crippen LogP contribution in [0.25, 0.3) is 0 Å². The van der Waals surface area contributed by atoms with Crippen molar-refractivity contribution >= 4 is 44.4 Å². The number of rotatable bonds is 6. The smallest absolute Gasteiger partial charge is 0.308 e. The van der Waals surface area contributed by atoms with Gasteiger partial charge in [0, 0.05) is 49.5 Å². The number of aromatic nitrogens is 2. The van der Waals surface area contributed by atoms with Gasteiger partial charge in [-0.05, 0) is 41.6 Å². The normalized spacial score (nSPS) is 15.0. The Morgan fingerprint density at radius 1 is 1.21 bits per heavy atom. The highest BCUT2D eigenvalue weighted by Gasteiger charge is 2.25. The number of amides is 1. The summed E-state index contributed by atoms with van der Waals surface area (Å²) in [6, 6.07) is 8.02. The number of para-hydroxylation sites is 1. The van der Waals surface area contributed by atoms with Gasteiger partial charge in [0.15, 0.2) is 0 Å². The van der Waals surface area contributed by atoms with E-state index in [0.717, 1.165) is 23.2 Å². The van der Waals surface area contributed by atoms with Gasteiger partial charge in [0.25, 0.3) is 0 Å². The maximum Gasteiger partial charge on any atom is 0.308 e. The van der Waals surface area contributed by atoms with Crippen molar-refractivity contribution in [3.8, 4) is 0 Å². The molecule has 1 aromatic heterocycles. The molecule has 0 fully saturated rings. The van der Waals surface area contributed by atoms with E-state index in [1.165, 1.54) is 20.4 Å². The molecular formula is C19H24IN5O3S. The number of carbonyl (C=O) groups is 1. The molecule has 3 rings (SSSR count). The lowest BCUT2D eigenvalue weighted by molar-refractivity contribution is -0.127. The third-order valence-electron chi connectivity index (χ3n) is 5.00. The maximum atomic E-state index is 12.7. The van der Waals surface area contributed by atoms with Crippen LogP contribution in [0, 0.1) is 10.5 Å². The van der Waals surface area contributed by atoms with Crippen LogP contribution < -0.4 is 4.90 Å². The topological polar surface area (TPSA) is 78.7 Å². The Morgan fingerprint density at radius 2 is 1.90 bits per heavy atom. The zero-order chi connectivity index (χ0) is 21.3. The number of halogens is 1. The molecule has 29 heavy (non-hydrogen) atoms. The molecule has 0 radical (unpaired) electrons. The average Bonchev–Trinajstić information content (AvgIpc) is 3.04. The third-order valence-corrected chi connectivity index (χ3v) is 7.70. The van der Waals surface area contributed by atoms with Crippen LogP contribution in [0.15, 0.2) is 42.4 Å². The van der Waals surface area contributed by atoms with Crippen molar-refractivity contribution in [3.05, 3.63) is 57.3 Å². The van der Waals surface area contributed by atoms with Crippen LogP contribution in [0.5, 0.6) is 0 Å². The zero-order valence-electron chi connectivity index (χ0n) is 16.8. The summed E-state index contributed by atoms with van der Waals surface area (Å²) < 4.78 is 28.1. The van der Waals surface area contributed by atoms with Crippen LogP contribution in [0.3, 0.4) is 0 Å². The molecule has 0 spiro atoms. The molecule has 0 unspecified atom stereocenters. The molecule has 0 bridgehead atoms. The fourth-order valence-electron chi connectivity index (χ4n) is 3.14. The molecule has 0 saturated heterocycles. The summed E-state index contributed by atoms with van der Waals surface area (Å²) in [4.78, 5) is 20.7. The lowest BCUT2D eigenvalue weighted by atomic mass is 10.1. The van der Waals surface area contributed by atoms with Gasteiger partial charge in [-0.1, -0.05) is 12.1 Å². The molecule has 0 aliphatic carbocycles. The summed E-state index contributed by atoms with van der Waals surface area (Å²) in [7, 11) is 1.27. The molecule has 0 atom stereocenters. The van der Waals surface area contributed by atoms with Gasteiger partial charge in [0.2, 0.25) is 5.91 Å². The van der Waals surface area contributed by atoms with Crippen LogP contribution in [0.2, 0.25) is 0 Å². The van der Waals surface area contributed by atoms with E-state index in [4.69, 9.17) is 0 Å². The Balaban J connectivity index is 1.77. The van der Waals surface area contributed by atoms with Gasteiger partial charge in [-0.3, -0.25) is 4.79 Å².